The van der Waals surface area contributed by atoms with Crippen molar-refractivity contribution in [2.24, 2.45) is 11.3 Å². The molecule has 2 atom stereocenters. The minimum absolute atomic E-state index is 0.259. The number of ether oxygens (including phenoxy) is 3. The van der Waals surface area contributed by atoms with Gasteiger partial charge < -0.3 is 23.7 Å². The van der Waals surface area contributed by atoms with Crippen molar-refractivity contribution < 1.29 is 28.5 Å². The van der Waals surface area contributed by atoms with E-state index >= 15 is 0 Å². The molecule has 0 heterocycles. The summed E-state index contributed by atoms with van der Waals surface area (Å²) in [6.45, 7) is 6.22. The minimum Gasteiger partial charge on any atom is -0.493 e. The fourth-order valence-corrected chi connectivity index (χ4v) is 7.23. The fourth-order valence-electron chi connectivity index (χ4n) is 4.79. The first-order chi connectivity index (χ1) is 17.7. The Bertz CT molecular complexity index is 1100. The predicted molar refractivity (Wildman–Crippen MR) is 149 cm³/mol. The number of methoxy groups -OCH3 is 3. The lowest BCUT2D eigenvalue weighted by molar-refractivity contribution is -0.150. The molecule has 7 heteroatoms. The van der Waals surface area contributed by atoms with Gasteiger partial charge >= 0.3 is 5.97 Å². The molecule has 6 nitrogen and oxygen atoms in total. The maximum absolute atomic E-state index is 12.7. The average molecular weight is 523 g/mol. The van der Waals surface area contributed by atoms with Crippen LogP contribution < -0.4 is 24.6 Å². The second kappa shape index (κ2) is 12.8. The van der Waals surface area contributed by atoms with Crippen molar-refractivity contribution in [2.75, 3.05) is 21.3 Å². The molecule has 3 aromatic carbocycles. The first-order valence-electron chi connectivity index (χ1n) is 12.5. The van der Waals surface area contributed by atoms with Gasteiger partial charge in [0.15, 0.2) is 11.5 Å². The lowest BCUT2D eigenvalue weighted by atomic mass is 9.74. The van der Waals surface area contributed by atoms with Crippen LogP contribution in [0.15, 0.2) is 72.8 Å². The van der Waals surface area contributed by atoms with E-state index in [1.165, 1.54) is 0 Å². The highest BCUT2D eigenvalue weighted by Gasteiger charge is 2.39. The van der Waals surface area contributed by atoms with Crippen LogP contribution in [-0.2, 0) is 15.6 Å². The van der Waals surface area contributed by atoms with Crippen molar-refractivity contribution in [1.82, 2.24) is 0 Å². The molecule has 0 bridgehead atoms. The van der Waals surface area contributed by atoms with Gasteiger partial charge in [0.1, 0.15) is 6.10 Å². The summed E-state index contributed by atoms with van der Waals surface area (Å²) >= 11 is 0. The third kappa shape index (κ3) is 6.93. The van der Waals surface area contributed by atoms with Crippen LogP contribution in [0.5, 0.6) is 17.2 Å². The van der Waals surface area contributed by atoms with Crippen molar-refractivity contribution in [3.05, 3.63) is 78.4 Å². The monoisotopic (exact) mass is 522 g/mol. The summed E-state index contributed by atoms with van der Waals surface area (Å²) < 4.78 is 23.3. The Morgan fingerprint density at radius 1 is 0.811 bits per heavy atom. The van der Waals surface area contributed by atoms with Crippen LogP contribution in [-0.4, -0.2) is 47.5 Å². The van der Waals surface area contributed by atoms with Crippen molar-refractivity contribution >= 4 is 25.4 Å². The number of hydrogen-bond acceptors (Lipinski definition) is 5. The van der Waals surface area contributed by atoms with Crippen LogP contribution in [0.4, 0.5) is 0 Å². The molecule has 0 saturated heterocycles. The molecule has 0 aliphatic carbocycles. The number of carboxylic acids is 1. The van der Waals surface area contributed by atoms with Crippen LogP contribution in [0.25, 0.3) is 0 Å². The van der Waals surface area contributed by atoms with Crippen LogP contribution in [0.3, 0.4) is 0 Å². The topological polar surface area (TPSA) is 74.2 Å². The van der Waals surface area contributed by atoms with E-state index < -0.39 is 21.1 Å². The van der Waals surface area contributed by atoms with Crippen LogP contribution in [0.2, 0.25) is 0 Å². The zero-order valence-corrected chi connectivity index (χ0v) is 23.7. The lowest BCUT2D eigenvalue weighted by Gasteiger charge is -2.37. The quantitative estimate of drug-likeness (QED) is 0.357. The number of hydrogen-bond donors (Lipinski definition) is 1. The highest BCUT2D eigenvalue weighted by molar-refractivity contribution is 6.80. The number of carbonyl (C=O) groups is 1. The number of aliphatic carboxylic acids is 1. The van der Waals surface area contributed by atoms with Crippen LogP contribution in [0.1, 0.15) is 32.8 Å². The number of benzene rings is 3. The molecule has 0 spiro atoms. The molecule has 37 heavy (non-hydrogen) atoms. The summed E-state index contributed by atoms with van der Waals surface area (Å²) in [5, 5.41) is 12.5. The van der Waals surface area contributed by atoms with Gasteiger partial charge in [-0.2, -0.15) is 0 Å². The molecule has 0 aliphatic rings. The molecule has 2 unspecified atom stereocenters. The van der Waals surface area contributed by atoms with Gasteiger partial charge in [0.25, 0.3) is 0 Å². The Hall–Kier alpha value is -3.29. The van der Waals surface area contributed by atoms with Gasteiger partial charge in [0, 0.05) is 0 Å². The summed E-state index contributed by atoms with van der Waals surface area (Å²) in [7, 11) is 2.49. The van der Waals surface area contributed by atoms with Gasteiger partial charge in [-0.15, -0.1) is 0 Å². The summed E-state index contributed by atoms with van der Waals surface area (Å²) in [6.07, 6.45) is 0.224. The van der Waals surface area contributed by atoms with E-state index in [0.717, 1.165) is 15.9 Å². The van der Waals surface area contributed by atoms with E-state index in [0.29, 0.717) is 30.1 Å². The standard InChI is InChI=1S/C30H38O6Si/c1-30(2,3)24(19-17-21-18-20-25(33-4)28(35-6)26(21)34-5)27(29(31)32)36-37(22-13-9-7-10-14-22)23-15-11-8-12-16-23/h7-16,18,20,24,27,37H,17,19H2,1-6H3,(H,31,32). The Morgan fingerprint density at radius 3 is 1.78 bits per heavy atom. The Kier molecular flexibility index (Phi) is 9.77. The van der Waals surface area contributed by atoms with Gasteiger partial charge in [-0.3, -0.25) is 0 Å². The number of carboxylic acid groups (broad SMARTS) is 1. The maximum Gasteiger partial charge on any atom is 0.331 e. The van der Waals surface area contributed by atoms with Crippen molar-refractivity contribution in [2.45, 2.75) is 39.7 Å². The summed E-state index contributed by atoms with van der Waals surface area (Å²) in [4.78, 5) is 12.7. The molecule has 0 aliphatic heterocycles. The summed E-state index contributed by atoms with van der Waals surface area (Å²) in [5.41, 5.74) is 0.609. The molecule has 3 aromatic rings. The molecule has 0 fully saturated rings. The van der Waals surface area contributed by atoms with Gasteiger partial charge in [0.05, 0.1) is 21.3 Å². The predicted octanol–water partition coefficient (Wildman–Crippen LogP) is 4.32. The van der Waals surface area contributed by atoms with Gasteiger partial charge in [0.2, 0.25) is 14.8 Å². The van der Waals surface area contributed by atoms with E-state index in [1.54, 1.807) is 21.3 Å². The van der Waals surface area contributed by atoms with E-state index in [4.69, 9.17) is 18.6 Å². The van der Waals surface area contributed by atoms with Gasteiger partial charge in [-0.05, 0) is 46.2 Å². The van der Waals surface area contributed by atoms with Crippen molar-refractivity contribution in [3.8, 4) is 17.2 Å². The molecule has 0 amide bonds. The van der Waals surface area contributed by atoms with Crippen molar-refractivity contribution in [3.63, 3.8) is 0 Å². The number of aryl methyl sites for hydroxylation is 1. The van der Waals surface area contributed by atoms with Crippen LogP contribution >= 0.6 is 0 Å². The zero-order valence-electron chi connectivity index (χ0n) is 22.6. The zero-order chi connectivity index (χ0) is 27.0. The second-order valence-electron chi connectivity index (χ2n) is 10.1. The SMILES string of the molecule is COc1ccc(CCC(C(O[SiH](c2ccccc2)c2ccccc2)C(=O)O)C(C)(C)C)c(OC)c1OC. The van der Waals surface area contributed by atoms with Crippen LogP contribution in [0, 0.1) is 11.3 Å². The first-order valence-corrected chi connectivity index (χ1v) is 14.1. The highest BCUT2D eigenvalue weighted by Crippen LogP contribution is 2.42. The number of rotatable bonds is 12. The minimum atomic E-state index is -2.27. The molecule has 198 valence electrons. The second-order valence-corrected chi connectivity index (χ2v) is 12.5. The maximum atomic E-state index is 12.7. The Labute approximate surface area is 221 Å². The fraction of sp³-hybridized carbons (Fsp3) is 0.367. The molecule has 3 rings (SSSR count). The smallest absolute Gasteiger partial charge is 0.331 e. The summed E-state index contributed by atoms with van der Waals surface area (Å²) in [5.74, 6) is 0.514. The first kappa shape index (κ1) is 28.3. The average Bonchev–Trinajstić information content (AvgIpc) is 2.89. The summed E-state index contributed by atoms with van der Waals surface area (Å²) in [6, 6.07) is 23.7. The lowest BCUT2D eigenvalue weighted by Crippen LogP contribution is -2.52. The molecular formula is C30H38O6Si. The molecule has 0 saturated carbocycles. The van der Waals surface area contributed by atoms with E-state index in [9.17, 15) is 9.90 Å². The Balaban J connectivity index is 1.96. The van der Waals surface area contributed by atoms with E-state index in [2.05, 4.69) is 20.8 Å². The van der Waals surface area contributed by atoms with Gasteiger partial charge in [-0.25, -0.2) is 4.79 Å². The van der Waals surface area contributed by atoms with E-state index in [1.807, 2.05) is 72.8 Å². The molecule has 0 radical (unpaired) electrons. The highest BCUT2D eigenvalue weighted by atomic mass is 28.3. The third-order valence-electron chi connectivity index (χ3n) is 6.72. The Morgan fingerprint density at radius 2 is 1.35 bits per heavy atom. The molecule has 0 aromatic heterocycles. The molecular weight excluding hydrogens is 484 g/mol. The van der Waals surface area contributed by atoms with Crippen molar-refractivity contribution in [1.29, 1.82) is 0 Å². The normalized spacial score (nSPS) is 13.2. The largest absolute Gasteiger partial charge is 0.493 e. The van der Waals surface area contributed by atoms with Gasteiger partial charge in [-0.1, -0.05) is 87.5 Å². The van der Waals surface area contributed by atoms with E-state index in [-0.39, 0.29) is 11.3 Å². The third-order valence-corrected chi connectivity index (χ3v) is 9.27. The molecule has 1 N–H and O–H groups in total.